The van der Waals surface area contributed by atoms with E-state index in [2.05, 4.69) is 6.92 Å². The van der Waals surface area contributed by atoms with Crippen LogP contribution in [0.1, 0.15) is 152 Å². The summed E-state index contributed by atoms with van der Waals surface area (Å²) < 4.78 is 55.8. The number of hydrogen-bond acceptors (Lipinski definition) is 5. The number of aliphatic hydroxyl groups excluding tert-OH is 3. The van der Waals surface area contributed by atoms with Gasteiger partial charge in [-0.05, 0) is 66.7 Å². The molecule has 0 unspecified atom stereocenters. The van der Waals surface area contributed by atoms with E-state index in [9.17, 15) is 0 Å². The van der Waals surface area contributed by atoms with Crippen molar-refractivity contribution in [3.05, 3.63) is 0 Å². The molecule has 0 amide bonds. The lowest BCUT2D eigenvalue weighted by Crippen LogP contribution is -1.95. The van der Waals surface area contributed by atoms with Gasteiger partial charge in [-0.1, -0.05) is 74.1 Å². The zero-order valence-corrected chi connectivity index (χ0v) is 21.4. The molecule has 0 rings (SSSR count). The largest absolute Gasteiger partial charge is 0.393 e. The van der Waals surface area contributed by atoms with Crippen molar-refractivity contribution in [3.8, 4) is 0 Å². The topological polar surface area (TPSA) is 101 Å². The highest BCUT2D eigenvalue weighted by molar-refractivity contribution is 4.42. The van der Waals surface area contributed by atoms with Crippen molar-refractivity contribution in [1.29, 1.82) is 0 Å². The van der Waals surface area contributed by atoms with Crippen molar-refractivity contribution in [3.63, 3.8) is 0 Å². The molecule has 0 aromatic heterocycles. The maximum absolute atomic E-state index is 8.78. The SMILES string of the molecule is C.CCC[C@@H](C)O.[2H]C([2H])(C)C[C@@H](C)O.[2H]C([2H])(C)C[C@@]([2H])(C)O.[2H]C([2H])(CC)[C@@H](C)O.[2H][C@](C)(O)CCC. The average Bonchev–Trinajstić information content (AvgIpc) is 2.57. The van der Waals surface area contributed by atoms with Crippen LogP contribution in [0, 0.1) is 0 Å². The summed E-state index contributed by atoms with van der Waals surface area (Å²) >= 11 is 0. The van der Waals surface area contributed by atoms with E-state index >= 15 is 0 Å². The second-order valence-electron chi connectivity index (χ2n) is 7.03. The molecule has 0 saturated heterocycles. The summed E-state index contributed by atoms with van der Waals surface area (Å²) in [7, 11) is 0. The van der Waals surface area contributed by atoms with E-state index in [0.717, 1.165) is 19.3 Å². The van der Waals surface area contributed by atoms with Crippen LogP contribution >= 0.6 is 0 Å². The van der Waals surface area contributed by atoms with Crippen molar-refractivity contribution in [2.24, 2.45) is 0 Å². The third-order valence-electron chi connectivity index (χ3n) is 2.75. The van der Waals surface area contributed by atoms with Gasteiger partial charge in [0.2, 0.25) is 0 Å². The van der Waals surface area contributed by atoms with Crippen molar-refractivity contribution >= 4 is 0 Å². The number of rotatable bonds is 10. The van der Waals surface area contributed by atoms with E-state index in [1.54, 1.807) is 13.8 Å². The van der Waals surface area contributed by atoms with Gasteiger partial charge in [0.25, 0.3) is 0 Å². The molecule has 0 aliphatic carbocycles. The summed E-state index contributed by atoms with van der Waals surface area (Å²) in [6.45, 7) is 16.2. The minimum atomic E-state index is -1.64. The van der Waals surface area contributed by atoms with Gasteiger partial charge in [0.15, 0.2) is 0 Å². The van der Waals surface area contributed by atoms with E-state index < -0.39 is 43.5 Å². The second-order valence-corrected chi connectivity index (χ2v) is 7.03. The minimum Gasteiger partial charge on any atom is -0.393 e. The second kappa shape index (κ2) is 40.2. The first-order valence-corrected chi connectivity index (χ1v) is 10.9. The fourth-order valence-electron chi connectivity index (χ4n) is 1.63. The maximum atomic E-state index is 8.78. The van der Waals surface area contributed by atoms with Crippen LogP contribution in [0.25, 0.3) is 0 Å². The van der Waals surface area contributed by atoms with Crippen LogP contribution in [0.3, 0.4) is 0 Å². The molecule has 0 saturated carbocycles. The van der Waals surface area contributed by atoms with Crippen molar-refractivity contribution in [2.45, 2.75) is 171 Å². The van der Waals surface area contributed by atoms with E-state index in [4.69, 9.17) is 36.5 Å². The monoisotopic (exact) mass is 465 g/mol. The van der Waals surface area contributed by atoms with Crippen molar-refractivity contribution < 1.29 is 36.5 Å². The average molecular weight is 465 g/mol. The first-order chi connectivity index (χ1) is 16.5. The molecule has 198 valence electrons. The Hall–Kier alpha value is -0.200. The molecule has 31 heavy (non-hydrogen) atoms. The minimum absolute atomic E-state index is 0. The molecule has 5 nitrogen and oxygen atoms in total. The highest BCUT2D eigenvalue weighted by Gasteiger charge is 1.89. The van der Waals surface area contributed by atoms with Gasteiger partial charge in [0, 0.05) is 8.22 Å². The van der Waals surface area contributed by atoms with E-state index in [0.29, 0.717) is 12.8 Å². The van der Waals surface area contributed by atoms with Gasteiger partial charge in [0.1, 0.15) is 0 Å². The third-order valence-corrected chi connectivity index (χ3v) is 2.75. The van der Waals surface area contributed by atoms with Crippen LogP contribution in [0.15, 0.2) is 0 Å². The fraction of sp³-hybridized carbons (Fsp3) is 1.00. The number of hydrogen-bond donors (Lipinski definition) is 5. The van der Waals surface area contributed by atoms with Crippen LogP contribution in [0.5, 0.6) is 0 Å². The summed E-state index contributed by atoms with van der Waals surface area (Å²) in [4.78, 5) is 0. The van der Waals surface area contributed by atoms with Gasteiger partial charge in [-0.25, -0.2) is 0 Å². The van der Waals surface area contributed by atoms with Gasteiger partial charge >= 0.3 is 0 Å². The normalized spacial score (nSPS) is 21.3. The molecule has 0 aliphatic heterocycles. The molecule has 0 heterocycles. The Kier molecular flexibility index (Phi) is 33.0. The Labute approximate surface area is 208 Å². The quantitative estimate of drug-likeness (QED) is 0.255. The Bertz CT molecular complexity index is 496. The fourth-order valence-corrected chi connectivity index (χ4v) is 1.63. The molecule has 0 aromatic carbocycles. The van der Waals surface area contributed by atoms with Crippen LogP contribution in [0.2, 0.25) is 0 Å². The predicted molar refractivity (Wildman–Crippen MR) is 140 cm³/mol. The highest BCUT2D eigenvalue weighted by atomic mass is 16.3. The molecule has 0 bridgehead atoms. The Morgan fingerprint density at radius 1 is 0.548 bits per heavy atom. The van der Waals surface area contributed by atoms with Crippen LogP contribution < -0.4 is 0 Å². The van der Waals surface area contributed by atoms with Crippen molar-refractivity contribution in [1.82, 2.24) is 0 Å². The van der Waals surface area contributed by atoms with E-state index in [-0.39, 0.29) is 26.4 Å². The zero-order valence-electron chi connectivity index (χ0n) is 29.4. The van der Waals surface area contributed by atoms with Crippen LogP contribution in [0.4, 0.5) is 0 Å². The lowest BCUT2D eigenvalue weighted by molar-refractivity contribution is 0.183. The molecule has 5 heteroatoms. The molecule has 0 aromatic rings. The standard InChI is InChI=1S/5C5H12O.CH4/c5*1-3-4-5(2)6;/h5*5-6H,3-4H2,1-2H3;1H4/t5*5-;/m11111./s1/i3D2,5D;5D;4D2;3D2;;. The molecular weight excluding hydrogens is 392 g/mol. The van der Waals surface area contributed by atoms with Gasteiger partial charge in [-0.15, -0.1) is 0 Å². The Morgan fingerprint density at radius 2 is 0.903 bits per heavy atom. The lowest BCUT2D eigenvalue weighted by atomic mass is 10.2. The molecule has 0 fully saturated rings. The summed E-state index contributed by atoms with van der Waals surface area (Å²) in [6, 6.07) is 0. The Morgan fingerprint density at radius 3 is 0.903 bits per heavy atom. The molecule has 0 aliphatic rings. The summed E-state index contributed by atoms with van der Waals surface area (Å²) in [5, 5.41) is 43.4. The third kappa shape index (κ3) is 105. The van der Waals surface area contributed by atoms with Crippen LogP contribution in [-0.2, 0) is 0 Å². The van der Waals surface area contributed by atoms with E-state index in [1.807, 2.05) is 13.8 Å². The van der Waals surface area contributed by atoms with Gasteiger partial charge in [-0.3, -0.25) is 0 Å². The number of aliphatic hydroxyl groups is 5. The molecule has 5 atom stereocenters. The van der Waals surface area contributed by atoms with Gasteiger partial charge in [0.05, 0.1) is 33.2 Å². The van der Waals surface area contributed by atoms with E-state index in [1.165, 1.54) is 34.6 Å². The summed E-state index contributed by atoms with van der Waals surface area (Å²) in [5.41, 5.74) is 0. The molecule has 5 N–H and O–H groups in total. The summed E-state index contributed by atoms with van der Waals surface area (Å²) in [6.07, 6.45) is -4.54. The maximum Gasteiger partial charge on any atom is 0.0597 e. The van der Waals surface area contributed by atoms with Gasteiger partial charge < -0.3 is 25.5 Å². The molecule has 0 radical (unpaired) electrons. The predicted octanol–water partition coefficient (Wildman–Crippen LogP) is 6.47. The zero-order chi connectivity index (χ0) is 32.2. The molecular formula is C26H64O5. The molecule has 0 spiro atoms. The Balaban J connectivity index is -0.0000000872. The van der Waals surface area contributed by atoms with Crippen molar-refractivity contribution in [2.75, 3.05) is 0 Å². The first-order valence-electron chi connectivity index (χ1n) is 14.9. The first kappa shape index (κ1) is 25.4. The van der Waals surface area contributed by atoms with Gasteiger partial charge in [-0.2, -0.15) is 0 Å². The lowest BCUT2D eigenvalue weighted by Gasteiger charge is -1.95. The highest BCUT2D eigenvalue weighted by Crippen LogP contribution is 1.93. The van der Waals surface area contributed by atoms with Crippen LogP contribution in [-0.4, -0.2) is 56.0 Å². The summed E-state index contributed by atoms with van der Waals surface area (Å²) in [5.74, 6) is 0. The smallest absolute Gasteiger partial charge is 0.0597 e.